The van der Waals surface area contributed by atoms with E-state index in [1.165, 1.54) is 10.3 Å². The van der Waals surface area contributed by atoms with Crippen LogP contribution in [0.3, 0.4) is 0 Å². The predicted molar refractivity (Wildman–Crippen MR) is 119 cm³/mol. The lowest BCUT2D eigenvalue weighted by Crippen LogP contribution is -2.37. The first-order chi connectivity index (χ1) is 13.7. The summed E-state index contributed by atoms with van der Waals surface area (Å²) in [7, 11) is 0. The molecule has 0 atom stereocenters. The summed E-state index contributed by atoms with van der Waals surface area (Å²) in [6.07, 6.45) is 3.94. The smallest absolute Gasteiger partial charge is 0.181 e. The van der Waals surface area contributed by atoms with E-state index in [1.807, 2.05) is 30.3 Å². The Balaban J connectivity index is 1.38. The van der Waals surface area contributed by atoms with Gasteiger partial charge in [0.2, 0.25) is 0 Å². The van der Waals surface area contributed by atoms with Gasteiger partial charge in [-0.2, -0.15) is 5.10 Å². The van der Waals surface area contributed by atoms with Crippen molar-refractivity contribution in [2.45, 2.75) is 18.8 Å². The van der Waals surface area contributed by atoms with E-state index in [0.29, 0.717) is 17.6 Å². The molecule has 28 heavy (non-hydrogen) atoms. The van der Waals surface area contributed by atoms with E-state index >= 15 is 0 Å². The third kappa shape index (κ3) is 4.21. The van der Waals surface area contributed by atoms with Crippen molar-refractivity contribution >= 4 is 44.3 Å². The molecule has 1 aliphatic rings. The zero-order valence-electron chi connectivity index (χ0n) is 15.7. The number of nitrogens with zero attached hydrogens (tertiary/aromatic N) is 4. The largest absolute Gasteiger partial charge is 0.375 e. The molecular formula is C21H24N6S. The topological polar surface area (TPSA) is 92.9 Å². The molecule has 2 aromatic carbocycles. The molecule has 1 aliphatic heterocycles. The molecule has 2 heterocycles. The number of benzene rings is 2. The molecular weight excluding hydrogens is 368 g/mol. The van der Waals surface area contributed by atoms with Gasteiger partial charge >= 0.3 is 0 Å². The Kier molecular flexibility index (Phi) is 5.64. The number of aliphatic imine (C=N–C) groups is 1. The first-order valence-electron chi connectivity index (χ1n) is 9.46. The van der Waals surface area contributed by atoms with Crippen LogP contribution in [-0.4, -0.2) is 41.4 Å². The number of nitrogen functional groups attached to an aromatic ring is 1. The fraction of sp³-hybridized carbons (Fsp3) is 0.286. The van der Waals surface area contributed by atoms with Crippen molar-refractivity contribution in [1.29, 1.82) is 0 Å². The molecule has 4 N–H and O–H groups in total. The van der Waals surface area contributed by atoms with Crippen LogP contribution >= 0.6 is 11.3 Å². The van der Waals surface area contributed by atoms with Gasteiger partial charge in [0.1, 0.15) is 0 Å². The van der Waals surface area contributed by atoms with Gasteiger partial charge in [-0.1, -0.05) is 41.7 Å². The summed E-state index contributed by atoms with van der Waals surface area (Å²) in [6, 6.07) is 16.2. The van der Waals surface area contributed by atoms with Gasteiger partial charge in [0.05, 0.1) is 27.8 Å². The summed E-state index contributed by atoms with van der Waals surface area (Å²) in [5, 5.41) is 4.56. The molecule has 1 aromatic heterocycles. The molecule has 1 fully saturated rings. The van der Waals surface area contributed by atoms with Gasteiger partial charge in [-0.05, 0) is 55.6 Å². The van der Waals surface area contributed by atoms with Gasteiger partial charge in [-0.15, -0.1) is 0 Å². The monoisotopic (exact) mass is 392 g/mol. The summed E-state index contributed by atoms with van der Waals surface area (Å²) in [5.74, 6) is 6.10. The van der Waals surface area contributed by atoms with E-state index < -0.39 is 0 Å². The van der Waals surface area contributed by atoms with E-state index in [-0.39, 0.29) is 0 Å². The summed E-state index contributed by atoms with van der Waals surface area (Å²) in [5.41, 5.74) is 10.00. The first kappa shape index (κ1) is 18.6. The number of rotatable bonds is 5. The molecule has 3 aromatic rings. The summed E-state index contributed by atoms with van der Waals surface area (Å²) >= 11 is 1.56. The third-order valence-corrected chi connectivity index (χ3v) is 6.01. The SMILES string of the molecule is NN=C(C=Nc1ccccc1)CN1CCC(c2cccc3sc(N)nc23)CC1. The minimum Gasteiger partial charge on any atom is -0.375 e. The fourth-order valence-electron chi connectivity index (χ4n) is 3.73. The van der Waals surface area contributed by atoms with E-state index in [9.17, 15) is 0 Å². The number of hydrazone groups is 1. The minimum absolute atomic E-state index is 0.512. The minimum atomic E-state index is 0.512. The lowest BCUT2D eigenvalue weighted by molar-refractivity contribution is 0.240. The van der Waals surface area contributed by atoms with Crippen LogP contribution in [0, 0.1) is 0 Å². The Morgan fingerprint density at radius 2 is 1.93 bits per heavy atom. The number of nitrogens with two attached hydrogens (primary N) is 2. The number of aromatic nitrogens is 1. The number of piperidine rings is 1. The maximum atomic E-state index is 5.91. The number of para-hydroxylation sites is 2. The number of likely N-dealkylation sites (tertiary alicyclic amines) is 1. The van der Waals surface area contributed by atoms with Gasteiger partial charge in [0, 0.05) is 6.54 Å². The molecule has 144 valence electrons. The highest BCUT2D eigenvalue weighted by atomic mass is 32.1. The van der Waals surface area contributed by atoms with Gasteiger partial charge in [-0.3, -0.25) is 9.89 Å². The maximum Gasteiger partial charge on any atom is 0.181 e. The second-order valence-corrected chi connectivity index (χ2v) is 8.07. The molecule has 0 saturated carbocycles. The molecule has 0 amide bonds. The lowest BCUT2D eigenvalue weighted by atomic mass is 9.88. The molecule has 0 spiro atoms. The standard InChI is InChI=1S/C21H24N6S/c22-21-25-20-18(7-4-8-19(20)28-21)15-9-11-27(12-10-15)14-17(26-23)13-24-16-5-2-1-3-6-16/h1-8,13,15H,9-12,14,23H2,(H2,22,25). The van der Waals surface area contributed by atoms with Crippen LogP contribution in [0.15, 0.2) is 58.6 Å². The highest BCUT2D eigenvalue weighted by Gasteiger charge is 2.23. The number of hydrogen-bond acceptors (Lipinski definition) is 7. The van der Waals surface area contributed by atoms with E-state index in [0.717, 1.165) is 42.8 Å². The van der Waals surface area contributed by atoms with Crippen LogP contribution in [0.2, 0.25) is 0 Å². The van der Waals surface area contributed by atoms with Crippen molar-refractivity contribution in [2.75, 3.05) is 25.4 Å². The Morgan fingerprint density at radius 3 is 2.68 bits per heavy atom. The quantitative estimate of drug-likeness (QED) is 0.393. The van der Waals surface area contributed by atoms with E-state index in [2.05, 4.69) is 38.2 Å². The summed E-state index contributed by atoms with van der Waals surface area (Å²) < 4.78 is 1.17. The number of anilines is 1. The van der Waals surface area contributed by atoms with Crippen LogP contribution in [0.4, 0.5) is 10.8 Å². The van der Waals surface area contributed by atoms with E-state index in [1.54, 1.807) is 17.6 Å². The van der Waals surface area contributed by atoms with Crippen molar-refractivity contribution in [3.05, 3.63) is 54.1 Å². The predicted octanol–water partition coefficient (Wildman–Crippen LogP) is 3.78. The van der Waals surface area contributed by atoms with Crippen molar-refractivity contribution in [1.82, 2.24) is 9.88 Å². The van der Waals surface area contributed by atoms with Crippen molar-refractivity contribution < 1.29 is 0 Å². The zero-order valence-corrected chi connectivity index (χ0v) is 16.5. The molecule has 0 unspecified atom stereocenters. The summed E-state index contributed by atoms with van der Waals surface area (Å²) in [4.78, 5) is 11.4. The van der Waals surface area contributed by atoms with Crippen molar-refractivity contribution in [3.8, 4) is 0 Å². The van der Waals surface area contributed by atoms with Crippen LogP contribution in [0.5, 0.6) is 0 Å². The Morgan fingerprint density at radius 1 is 1.14 bits per heavy atom. The number of thiazole rings is 1. The molecule has 0 radical (unpaired) electrons. The molecule has 1 saturated heterocycles. The Hall–Kier alpha value is -2.77. The normalized spacial score (nSPS) is 16.9. The first-order valence-corrected chi connectivity index (χ1v) is 10.3. The van der Waals surface area contributed by atoms with E-state index in [4.69, 9.17) is 11.6 Å². The van der Waals surface area contributed by atoms with Crippen LogP contribution in [0.1, 0.15) is 24.3 Å². The lowest BCUT2D eigenvalue weighted by Gasteiger charge is -2.32. The van der Waals surface area contributed by atoms with Gasteiger partial charge in [0.15, 0.2) is 5.13 Å². The summed E-state index contributed by atoms with van der Waals surface area (Å²) in [6.45, 7) is 2.71. The second kappa shape index (κ2) is 8.50. The number of fused-ring (bicyclic) bond motifs is 1. The second-order valence-electron chi connectivity index (χ2n) is 7.01. The highest BCUT2D eigenvalue weighted by molar-refractivity contribution is 7.22. The highest BCUT2D eigenvalue weighted by Crippen LogP contribution is 2.35. The average molecular weight is 393 g/mol. The maximum absolute atomic E-state index is 5.91. The van der Waals surface area contributed by atoms with Crippen molar-refractivity contribution in [3.63, 3.8) is 0 Å². The molecule has 0 bridgehead atoms. The van der Waals surface area contributed by atoms with Gasteiger partial charge in [0.25, 0.3) is 0 Å². The fourth-order valence-corrected chi connectivity index (χ4v) is 4.49. The third-order valence-electron chi connectivity index (χ3n) is 5.16. The van der Waals surface area contributed by atoms with Gasteiger partial charge < -0.3 is 11.6 Å². The van der Waals surface area contributed by atoms with Crippen LogP contribution < -0.4 is 11.6 Å². The Bertz CT molecular complexity index is 987. The van der Waals surface area contributed by atoms with Gasteiger partial charge in [-0.25, -0.2) is 4.98 Å². The average Bonchev–Trinajstić information content (AvgIpc) is 3.12. The van der Waals surface area contributed by atoms with Crippen LogP contribution in [0.25, 0.3) is 10.2 Å². The Labute approximate surface area is 168 Å². The van der Waals surface area contributed by atoms with Crippen LogP contribution in [-0.2, 0) is 0 Å². The molecule has 4 rings (SSSR count). The number of hydrogen-bond donors (Lipinski definition) is 2. The molecule has 0 aliphatic carbocycles. The molecule has 6 nitrogen and oxygen atoms in total. The zero-order chi connectivity index (χ0) is 19.3. The van der Waals surface area contributed by atoms with Crippen molar-refractivity contribution in [2.24, 2.45) is 15.9 Å². The molecule has 7 heteroatoms.